The van der Waals surface area contributed by atoms with Gasteiger partial charge in [0.1, 0.15) is 0 Å². The summed E-state index contributed by atoms with van der Waals surface area (Å²) < 4.78 is 0. The first-order valence-corrected chi connectivity index (χ1v) is 8.98. The van der Waals surface area contributed by atoms with E-state index in [0.29, 0.717) is 12.6 Å². The summed E-state index contributed by atoms with van der Waals surface area (Å²) in [6.45, 7) is 15.6. The molecule has 24 heavy (non-hydrogen) atoms. The maximum Gasteiger partial charge on any atom is 0.191 e. The molecular weight excluding hydrogens is 411 g/mol. The van der Waals surface area contributed by atoms with E-state index in [9.17, 15) is 0 Å². The highest BCUT2D eigenvalue weighted by atomic mass is 127. The van der Waals surface area contributed by atoms with E-state index < -0.39 is 0 Å². The van der Waals surface area contributed by atoms with Gasteiger partial charge in [-0.05, 0) is 44.5 Å². The topological polar surface area (TPSA) is 39.7 Å². The van der Waals surface area contributed by atoms with Crippen LogP contribution in [0, 0.1) is 0 Å². The lowest BCUT2D eigenvalue weighted by molar-refractivity contribution is 0.295. The Morgan fingerprint density at radius 2 is 1.71 bits per heavy atom. The molecule has 0 aliphatic rings. The SMILES string of the molecule is CCNC(=NCc1ccccc1CN(CC)CC)NC(C)CC.I. The highest BCUT2D eigenvalue weighted by Gasteiger charge is 2.07. The third kappa shape index (κ3) is 8.33. The number of hydrogen-bond acceptors (Lipinski definition) is 2. The van der Waals surface area contributed by atoms with Crippen molar-refractivity contribution in [2.24, 2.45) is 4.99 Å². The van der Waals surface area contributed by atoms with Crippen LogP contribution in [0.15, 0.2) is 29.3 Å². The minimum atomic E-state index is 0. The maximum absolute atomic E-state index is 4.77. The third-order valence-corrected chi connectivity index (χ3v) is 4.15. The Hall–Kier alpha value is -0.820. The molecule has 0 spiro atoms. The number of rotatable bonds is 9. The predicted octanol–water partition coefficient (Wildman–Crippen LogP) is 4.00. The summed E-state index contributed by atoms with van der Waals surface area (Å²) in [4.78, 5) is 7.20. The van der Waals surface area contributed by atoms with Crippen LogP contribution >= 0.6 is 24.0 Å². The molecule has 0 heterocycles. The van der Waals surface area contributed by atoms with Crippen LogP contribution in [-0.4, -0.2) is 36.5 Å². The summed E-state index contributed by atoms with van der Waals surface area (Å²) in [6, 6.07) is 9.06. The van der Waals surface area contributed by atoms with Crippen LogP contribution in [0.4, 0.5) is 0 Å². The van der Waals surface area contributed by atoms with Crippen molar-refractivity contribution < 1.29 is 0 Å². The normalized spacial score (nSPS) is 12.7. The molecule has 1 atom stereocenters. The van der Waals surface area contributed by atoms with Gasteiger partial charge in [0.15, 0.2) is 5.96 Å². The average molecular weight is 446 g/mol. The predicted molar refractivity (Wildman–Crippen MR) is 116 cm³/mol. The van der Waals surface area contributed by atoms with Crippen LogP contribution in [0.3, 0.4) is 0 Å². The van der Waals surface area contributed by atoms with Crippen LogP contribution < -0.4 is 10.6 Å². The van der Waals surface area contributed by atoms with E-state index in [2.05, 4.69) is 74.4 Å². The first kappa shape index (κ1) is 23.2. The Balaban J connectivity index is 0.00000529. The fourth-order valence-corrected chi connectivity index (χ4v) is 2.37. The summed E-state index contributed by atoms with van der Waals surface area (Å²) >= 11 is 0. The molecule has 0 bridgehead atoms. The Labute approximate surface area is 165 Å². The van der Waals surface area contributed by atoms with Crippen molar-refractivity contribution in [2.75, 3.05) is 19.6 Å². The summed E-state index contributed by atoms with van der Waals surface area (Å²) in [5.74, 6) is 0.902. The molecule has 1 aromatic rings. The molecule has 1 rings (SSSR count). The molecule has 2 N–H and O–H groups in total. The summed E-state index contributed by atoms with van der Waals surface area (Å²) in [6.07, 6.45) is 1.09. The van der Waals surface area contributed by atoms with Gasteiger partial charge in [0.2, 0.25) is 0 Å². The Kier molecular flexibility index (Phi) is 13.0. The monoisotopic (exact) mass is 446 g/mol. The largest absolute Gasteiger partial charge is 0.357 e. The lowest BCUT2D eigenvalue weighted by Crippen LogP contribution is -2.41. The number of nitrogens with one attached hydrogen (secondary N) is 2. The van der Waals surface area contributed by atoms with E-state index in [1.807, 2.05) is 0 Å². The van der Waals surface area contributed by atoms with Crippen molar-refractivity contribution in [3.05, 3.63) is 35.4 Å². The van der Waals surface area contributed by atoms with Crippen molar-refractivity contribution in [3.63, 3.8) is 0 Å². The van der Waals surface area contributed by atoms with E-state index in [0.717, 1.165) is 38.6 Å². The van der Waals surface area contributed by atoms with Crippen molar-refractivity contribution >= 4 is 29.9 Å². The lowest BCUT2D eigenvalue weighted by Gasteiger charge is -2.20. The molecule has 5 heteroatoms. The molecule has 0 aromatic heterocycles. The van der Waals surface area contributed by atoms with Crippen LogP contribution in [0.2, 0.25) is 0 Å². The molecule has 0 fully saturated rings. The summed E-state index contributed by atoms with van der Waals surface area (Å²) in [5.41, 5.74) is 2.68. The molecule has 1 unspecified atom stereocenters. The van der Waals surface area contributed by atoms with Crippen LogP contribution in [0.5, 0.6) is 0 Å². The number of benzene rings is 1. The van der Waals surface area contributed by atoms with E-state index >= 15 is 0 Å². The zero-order chi connectivity index (χ0) is 17.1. The minimum Gasteiger partial charge on any atom is -0.357 e. The molecule has 138 valence electrons. The molecule has 0 radical (unpaired) electrons. The molecule has 4 nitrogen and oxygen atoms in total. The third-order valence-electron chi connectivity index (χ3n) is 4.15. The minimum absolute atomic E-state index is 0. The molecule has 0 aliphatic carbocycles. The first-order valence-electron chi connectivity index (χ1n) is 8.98. The second kappa shape index (κ2) is 13.5. The number of aliphatic imine (C=N–C) groups is 1. The van der Waals surface area contributed by atoms with Crippen molar-refractivity contribution in [3.8, 4) is 0 Å². The van der Waals surface area contributed by atoms with Crippen molar-refractivity contribution in [2.45, 2.75) is 60.2 Å². The average Bonchev–Trinajstić information content (AvgIpc) is 2.58. The van der Waals surface area contributed by atoms with Crippen molar-refractivity contribution in [1.29, 1.82) is 0 Å². The first-order chi connectivity index (χ1) is 11.1. The maximum atomic E-state index is 4.77. The second-order valence-electron chi connectivity index (χ2n) is 5.88. The van der Waals surface area contributed by atoms with Gasteiger partial charge in [0.05, 0.1) is 6.54 Å². The van der Waals surface area contributed by atoms with E-state index in [1.165, 1.54) is 11.1 Å². The van der Waals surface area contributed by atoms with Gasteiger partial charge in [-0.3, -0.25) is 4.90 Å². The standard InChI is InChI=1S/C19H34N4.HI/c1-6-16(5)22-19(20-7-2)21-14-17-12-10-11-13-18(17)15-23(8-3)9-4;/h10-13,16H,6-9,14-15H2,1-5H3,(H2,20,21,22);1H. The van der Waals surface area contributed by atoms with Gasteiger partial charge < -0.3 is 10.6 Å². The summed E-state index contributed by atoms with van der Waals surface area (Å²) in [7, 11) is 0. The van der Waals surface area contributed by atoms with Gasteiger partial charge in [-0.2, -0.15) is 0 Å². The van der Waals surface area contributed by atoms with Crippen LogP contribution in [0.25, 0.3) is 0 Å². The van der Waals surface area contributed by atoms with Crippen molar-refractivity contribution in [1.82, 2.24) is 15.5 Å². The van der Waals surface area contributed by atoms with E-state index in [-0.39, 0.29) is 24.0 Å². The van der Waals surface area contributed by atoms with Gasteiger partial charge in [0.25, 0.3) is 0 Å². The Morgan fingerprint density at radius 1 is 1.08 bits per heavy atom. The number of guanidine groups is 1. The molecule has 0 amide bonds. The molecule has 0 aliphatic heterocycles. The van der Waals surface area contributed by atoms with Crippen LogP contribution in [-0.2, 0) is 13.1 Å². The van der Waals surface area contributed by atoms with Gasteiger partial charge in [-0.1, -0.05) is 45.0 Å². The molecule has 1 aromatic carbocycles. The number of hydrogen-bond donors (Lipinski definition) is 2. The lowest BCUT2D eigenvalue weighted by atomic mass is 10.1. The zero-order valence-corrected chi connectivity index (χ0v) is 18.3. The molecule has 0 saturated carbocycles. The number of nitrogens with zero attached hydrogens (tertiary/aromatic N) is 2. The fourth-order valence-electron chi connectivity index (χ4n) is 2.37. The van der Waals surface area contributed by atoms with Gasteiger partial charge in [-0.15, -0.1) is 24.0 Å². The molecule has 0 saturated heterocycles. The second-order valence-corrected chi connectivity index (χ2v) is 5.88. The Bertz CT molecular complexity index is 472. The van der Waals surface area contributed by atoms with Gasteiger partial charge in [0, 0.05) is 19.1 Å². The Morgan fingerprint density at radius 3 is 2.25 bits per heavy atom. The molecular formula is C19H35IN4. The highest BCUT2D eigenvalue weighted by molar-refractivity contribution is 14.0. The smallest absolute Gasteiger partial charge is 0.191 e. The fraction of sp³-hybridized carbons (Fsp3) is 0.632. The van der Waals surface area contributed by atoms with Gasteiger partial charge >= 0.3 is 0 Å². The van der Waals surface area contributed by atoms with E-state index in [1.54, 1.807) is 0 Å². The van der Waals surface area contributed by atoms with E-state index in [4.69, 9.17) is 4.99 Å². The number of halogens is 1. The summed E-state index contributed by atoms with van der Waals surface area (Å²) in [5, 5.41) is 6.78. The highest BCUT2D eigenvalue weighted by Crippen LogP contribution is 2.13. The zero-order valence-electron chi connectivity index (χ0n) is 15.9. The van der Waals surface area contributed by atoms with Gasteiger partial charge in [-0.25, -0.2) is 4.99 Å². The quantitative estimate of drug-likeness (QED) is 0.342. The van der Waals surface area contributed by atoms with Crippen LogP contribution in [0.1, 0.15) is 52.2 Å².